The zero-order valence-electron chi connectivity index (χ0n) is 28.1. The van der Waals surface area contributed by atoms with E-state index in [0.717, 1.165) is 27.7 Å². The average molecular weight is 695 g/mol. The summed E-state index contributed by atoms with van der Waals surface area (Å²) in [6, 6.07) is 0. The zero-order chi connectivity index (χ0) is 36.0. The number of carboxylic acids is 1. The van der Waals surface area contributed by atoms with Crippen LogP contribution in [0.1, 0.15) is 60.3 Å². The lowest BCUT2D eigenvalue weighted by molar-refractivity contribution is -0.363. The summed E-state index contributed by atoms with van der Waals surface area (Å²) in [7, 11) is 2.73. The number of aliphatic carboxylic acids is 1. The maximum atomic E-state index is 12.3. The SMILES string of the molecule is CO[C@@H]1[C@@H](OC)[C@H](OCCCCCC(=O)O)O[C@H](COC(C)=O)[C@H]1O[C@@H]1O[C@H](COC(C)=O)[C@H](OC(C)=O)[C@H](OC(C)=O)[C@H]1OC(C)=O. The van der Waals surface area contributed by atoms with E-state index in [1.54, 1.807) is 0 Å². The lowest BCUT2D eigenvalue weighted by atomic mass is 9.96. The van der Waals surface area contributed by atoms with Crippen LogP contribution in [0.4, 0.5) is 0 Å². The monoisotopic (exact) mass is 694 g/mol. The van der Waals surface area contributed by atoms with Gasteiger partial charge in [-0.05, 0) is 12.8 Å². The van der Waals surface area contributed by atoms with Gasteiger partial charge in [0, 0.05) is 61.9 Å². The molecule has 18 heteroatoms. The van der Waals surface area contributed by atoms with Crippen LogP contribution in [0.5, 0.6) is 0 Å². The highest BCUT2D eigenvalue weighted by Crippen LogP contribution is 2.35. The summed E-state index contributed by atoms with van der Waals surface area (Å²) >= 11 is 0. The molecule has 10 atom stereocenters. The fraction of sp³-hybridized carbons (Fsp3) is 0.800. The topological polar surface area (TPSA) is 224 Å². The summed E-state index contributed by atoms with van der Waals surface area (Å²) in [4.78, 5) is 70.9. The van der Waals surface area contributed by atoms with Crippen molar-refractivity contribution in [1.82, 2.24) is 0 Å². The first kappa shape index (κ1) is 40.8. The van der Waals surface area contributed by atoms with Crippen LogP contribution < -0.4 is 0 Å². The van der Waals surface area contributed by atoms with Crippen molar-refractivity contribution in [2.45, 2.75) is 122 Å². The van der Waals surface area contributed by atoms with Crippen LogP contribution in [0.15, 0.2) is 0 Å². The average Bonchev–Trinajstić information content (AvgIpc) is 2.99. The molecule has 0 aromatic carbocycles. The van der Waals surface area contributed by atoms with E-state index in [1.807, 2.05) is 0 Å². The van der Waals surface area contributed by atoms with E-state index in [-0.39, 0.29) is 19.6 Å². The summed E-state index contributed by atoms with van der Waals surface area (Å²) in [5.74, 6) is -4.69. The molecule has 0 aromatic rings. The number of unbranched alkanes of at least 4 members (excludes halogenated alkanes) is 2. The smallest absolute Gasteiger partial charge is 0.303 e. The highest BCUT2D eigenvalue weighted by molar-refractivity contribution is 5.69. The molecular weight excluding hydrogens is 648 g/mol. The van der Waals surface area contributed by atoms with Gasteiger partial charge in [0.25, 0.3) is 0 Å². The number of carbonyl (C=O) groups excluding carboxylic acids is 5. The molecule has 2 aliphatic rings. The minimum Gasteiger partial charge on any atom is -0.481 e. The Morgan fingerprint density at radius 1 is 0.562 bits per heavy atom. The van der Waals surface area contributed by atoms with Gasteiger partial charge in [0.2, 0.25) is 0 Å². The van der Waals surface area contributed by atoms with Gasteiger partial charge >= 0.3 is 35.8 Å². The van der Waals surface area contributed by atoms with E-state index in [4.69, 9.17) is 57.2 Å². The third-order valence-corrected chi connectivity index (χ3v) is 7.14. The van der Waals surface area contributed by atoms with Crippen molar-refractivity contribution in [1.29, 1.82) is 0 Å². The summed E-state index contributed by atoms with van der Waals surface area (Å²) < 4.78 is 62.7. The van der Waals surface area contributed by atoms with Crippen molar-refractivity contribution >= 4 is 35.8 Å². The van der Waals surface area contributed by atoms with Crippen molar-refractivity contribution in [3.05, 3.63) is 0 Å². The Bertz CT molecular complexity index is 1100. The van der Waals surface area contributed by atoms with Crippen LogP contribution >= 0.6 is 0 Å². The Kier molecular flexibility index (Phi) is 17.1. The van der Waals surface area contributed by atoms with Crippen molar-refractivity contribution in [2.75, 3.05) is 34.0 Å². The molecule has 0 radical (unpaired) electrons. The van der Waals surface area contributed by atoms with Gasteiger partial charge in [-0.25, -0.2) is 0 Å². The van der Waals surface area contributed by atoms with Crippen LogP contribution in [0, 0.1) is 0 Å². The van der Waals surface area contributed by atoms with E-state index in [1.165, 1.54) is 21.1 Å². The van der Waals surface area contributed by atoms with E-state index in [9.17, 15) is 28.8 Å². The third kappa shape index (κ3) is 12.9. The lowest BCUT2D eigenvalue weighted by Crippen LogP contribution is -2.67. The second kappa shape index (κ2) is 20.2. The standard InChI is InChI=1S/C30H46O18/c1-15(31)41-13-20-23(25(38-6)27(39-7)29(46-20)40-12-10-8-9-11-22(36)37)48-30-28(45-19(5)35)26(44-18(4)34)24(43-17(3)33)21(47-30)14-42-16(2)32/h20-21,23-30H,8-14H2,1-7H3,(H,36,37)/t20-,21-,23-,24+,25+,26+,27-,28-,29-,30+/m1/s1. The molecule has 0 aromatic heterocycles. The number of methoxy groups -OCH3 is 2. The van der Waals surface area contributed by atoms with Crippen molar-refractivity contribution in [3.63, 3.8) is 0 Å². The van der Waals surface area contributed by atoms with E-state index in [0.29, 0.717) is 19.3 Å². The van der Waals surface area contributed by atoms with Gasteiger partial charge in [-0.3, -0.25) is 28.8 Å². The van der Waals surface area contributed by atoms with Gasteiger partial charge in [0.1, 0.15) is 43.7 Å². The fourth-order valence-corrected chi connectivity index (χ4v) is 5.23. The molecule has 0 spiro atoms. The normalized spacial score (nSPS) is 30.1. The molecule has 2 aliphatic heterocycles. The Hall–Kier alpha value is -3.42. The van der Waals surface area contributed by atoms with Crippen LogP contribution in [-0.4, -0.2) is 136 Å². The van der Waals surface area contributed by atoms with E-state index < -0.39 is 104 Å². The van der Waals surface area contributed by atoms with Crippen LogP contribution in [0.25, 0.3) is 0 Å². The molecule has 0 aliphatic carbocycles. The summed E-state index contributed by atoms with van der Waals surface area (Å²) in [6.45, 7) is 4.93. The summed E-state index contributed by atoms with van der Waals surface area (Å²) in [5, 5.41) is 8.86. The van der Waals surface area contributed by atoms with Crippen molar-refractivity contribution < 1.29 is 86.0 Å². The van der Waals surface area contributed by atoms with Gasteiger partial charge in [0.05, 0.1) is 0 Å². The van der Waals surface area contributed by atoms with Gasteiger partial charge in [-0.1, -0.05) is 6.42 Å². The minimum absolute atomic E-state index is 0.0229. The first-order valence-corrected chi connectivity index (χ1v) is 15.3. The van der Waals surface area contributed by atoms with Crippen molar-refractivity contribution in [3.8, 4) is 0 Å². The molecular formula is C30H46O18. The predicted molar refractivity (Wildman–Crippen MR) is 156 cm³/mol. The van der Waals surface area contributed by atoms with Crippen LogP contribution in [0.3, 0.4) is 0 Å². The maximum Gasteiger partial charge on any atom is 0.303 e. The van der Waals surface area contributed by atoms with Gasteiger partial charge in [-0.15, -0.1) is 0 Å². The molecule has 0 bridgehead atoms. The molecule has 0 unspecified atom stereocenters. The maximum absolute atomic E-state index is 12.3. The Balaban J connectivity index is 2.47. The summed E-state index contributed by atoms with van der Waals surface area (Å²) in [5.41, 5.74) is 0. The Morgan fingerprint density at radius 2 is 1.06 bits per heavy atom. The largest absolute Gasteiger partial charge is 0.481 e. The molecule has 2 rings (SSSR count). The lowest BCUT2D eigenvalue weighted by Gasteiger charge is -2.48. The molecule has 18 nitrogen and oxygen atoms in total. The fourth-order valence-electron chi connectivity index (χ4n) is 5.23. The highest BCUT2D eigenvalue weighted by atomic mass is 16.8. The summed E-state index contributed by atoms with van der Waals surface area (Å²) in [6.07, 6.45) is -11.1. The first-order valence-electron chi connectivity index (χ1n) is 15.3. The predicted octanol–water partition coefficient (Wildman–Crippen LogP) is 0.434. The van der Waals surface area contributed by atoms with Crippen molar-refractivity contribution in [2.24, 2.45) is 0 Å². The second-order valence-corrected chi connectivity index (χ2v) is 11.0. The number of rotatable bonds is 18. The molecule has 48 heavy (non-hydrogen) atoms. The molecule has 2 heterocycles. The number of hydrogen-bond donors (Lipinski definition) is 1. The van der Waals surface area contributed by atoms with Gasteiger partial charge in [0.15, 0.2) is 30.9 Å². The van der Waals surface area contributed by atoms with Gasteiger partial charge in [-0.2, -0.15) is 0 Å². The first-order chi connectivity index (χ1) is 22.7. The molecule has 2 fully saturated rings. The molecule has 0 saturated carbocycles. The number of ether oxygens (including phenoxy) is 11. The van der Waals surface area contributed by atoms with Gasteiger partial charge < -0.3 is 57.2 Å². The number of carboxylic acid groups (broad SMARTS) is 1. The number of hydrogen-bond acceptors (Lipinski definition) is 17. The molecule has 274 valence electrons. The Morgan fingerprint density at radius 3 is 1.56 bits per heavy atom. The van der Waals surface area contributed by atoms with Crippen LogP contribution in [-0.2, 0) is 80.9 Å². The Labute approximate surface area is 277 Å². The third-order valence-electron chi connectivity index (χ3n) is 7.14. The second-order valence-electron chi connectivity index (χ2n) is 11.0. The van der Waals surface area contributed by atoms with E-state index >= 15 is 0 Å². The quantitative estimate of drug-likeness (QED) is 0.117. The highest BCUT2D eigenvalue weighted by Gasteiger charge is 2.56. The zero-order valence-corrected chi connectivity index (χ0v) is 28.1. The molecule has 0 amide bonds. The number of carbonyl (C=O) groups is 6. The number of esters is 5. The minimum atomic E-state index is -1.60. The van der Waals surface area contributed by atoms with Crippen LogP contribution in [0.2, 0.25) is 0 Å². The molecule has 1 N–H and O–H groups in total. The molecule has 2 saturated heterocycles. The van der Waals surface area contributed by atoms with E-state index in [2.05, 4.69) is 0 Å².